The summed E-state index contributed by atoms with van der Waals surface area (Å²) in [5.74, 6) is 0. The minimum atomic E-state index is -0.380. The molecule has 0 saturated carbocycles. The van der Waals surface area contributed by atoms with E-state index >= 15 is 0 Å². The first-order chi connectivity index (χ1) is 8.74. The predicted molar refractivity (Wildman–Crippen MR) is 73.7 cm³/mol. The standard InChI is InChI=1S/C16H24O2/c1-3-12-7-8-13(4-2)15(10-12)16(17)11-14-6-5-9-18-14/h7-8,10,14,16-17H,3-6,9,11H2,1-2H3. The van der Waals surface area contributed by atoms with Crippen molar-refractivity contribution in [3.63, 3.8) is 0 Å². The lowest BCUT2D eigenvalue weighted by Crippen LogP contribution is -2.13. The summed E-state index contributed by atoms with van der Waals surface area (Å²) in [6, 6.07) is 6.49. The zero-order valence-corrected chi connectivity index (χ0v) is 11.5. The maximum atomic E-state index is 10.4. The molecule has 0 aromatic heterocycles. The average molecular weight is 248 g/mol. The predicted octanol–water partition coefficient (Wildman–Crippen LogP) is 3.41. The van der Waals surface area contributed by atoms with E-state index in [4.69, 9.17) is 4.74 Å². The van der Waals surface area contributed by atoms with E-state index in [1.54, 1.807) is 0 Å². The lowest BCUT2D eigenvalue weighted by Gasteiger charge is -2.19. The van der Waals surface area contributed by atoms with E-state index in [0.717, 1.165) is 44.3 Å². The number of hydrogen-bond acceptors (Lipinski definition) is 2. The highest BCUT2D eigenvalue weighted by atomic mass is 16.5. The van der Waals surface area contributed by atoms with Gasteiger partial charge in [-0.3, -0.25) is 0 Å². The molecule has 1 saturated heterocycles. The number of ether oxygens (including phenoxy) is 1. The van der Waals surface area contributed by atoms with Crippen LogP contribution in [0.1, 0.15) is 55.9 Å². The molecule has 1 N–H and O–H groups in total. The molecule has 1 aliphatic heterocycles. The molecule has 2 heteroatoms. The summed E-state index contributed by atoms with van der Waals surface area (Å²) in [6.45, 7) is 5.15. The third-order valence-corrected chi connectivity index (χ3v) is 3.87. The van der Waals surface area contributed by atoms with Crippen LogP contribution in [0.5, 0.6) is 0 Å². The van der Waals surface area contributed by atoms with Crippen molar-refractivity contribution in [2.75, 3.05) is 6.61 Å². The Hall–Kier alpha value is -0.860. The lowest BCUT2D eigenvalue weighted by molar-refractivity contribution is 0.0532. The topological polar surface area (TPSA) is 29.5 Å². The maximum Gasteiger partial charge on any atom is 0.0817 e. The zero-order chi connectivity index (χ0) is 13.0. The monoisotopic (exact) mass is 248 g/mol. The highest BCUT2D eigenvalue weighted by Gasteiger charge is 2.21. The van der Waals surface area contributed by atoms with Gasteiger partial charge in [0.2, 0.25) is 0 Å². The van der Waals surface area contributed by atoms with Crippen molar-refractivity contribution < 1.29 is 9.84 Å². The van der Waals surface area contributed by atoms with E-state index in [1.165, 1.54) is 11.1 Å². The first-order valence-corrected chi connectivity index (χ1v) is 7.16. The largest absolute Gasteiger partial charge is 0.388 e. The van der Waals surface area contributed by atoms with Crippen molar-refractivity contribution in [2.45, 2.75) is 58.2 Å². The summed E-state index contributed by atoms with van der Waals surface area (Å²) < 4.78 is 5.62. The van der Waals surface area contributed by atoms with Crippen molar-refractivity contribution in [1.29, 1.82) is 0 Å². The number of rotatable bonds is 5. The summed E-state index contributed by atoms with van der Waals surface area (Å²) in [4.78, 5) is 0. The van der Waals surface area contributed by atoms with Crippen molar-refractivity contribution in [3.8, 4) is 0 Å². The third-order valence-electron chi connectivity index (χ3n) is 3.87. The van der Waals surface area contributed by atoms with E-state index in [-0.39, 0.29) is 12.2 Å². The first kappa shape index (κ1) is 13.6. The lowest BCUT2D eigenvalue weighted by atomic mass is 9.93. The van der Waals surface area contributed by atoms with Crippen LogP contribution in [0.4, 0.5) is 0 Å². The van der Waals surface area contributed by atoms with Gasteiger partial charge in [-0.2, -0.15) is 0 Å². The van der Waals surface area contributed by atoms with Crippen LogP contribution in [0.25, 0.3) is 0 Å². The molecule has 2 unspecified atom stereocenters. The molecule has 1 aromatic rings. The summed E-state index contributed by atoms with van der Waals surface area (Å²) in [7, 11) is 0. The molecule has 1 aliphatic rings. The number of aliphatic hydroxyl groups is 1. The van der Waals surface area contributed by atoms with E-state index in [9.17, 15) is 5.11 Å². The molecule has 1 fully saturated rings. The van der Waals surface area contributed by atoms with Crippen molar-refractivity contribution >= 4 is 0 Å². The van der Waals surface area contributed by atoms with Gasteiger partial charge in [0.25, 0.3) is 0 Å². The van der Waals surface area contributed by atoms with Gasteiger partial charge in [-0.25, -0.2) is 0 Å². The van der Waals surface area contributed by atoms with E-state index in [1.807, 2.05) is 0 Å². The van der Waals surface area contributed by atoms with Crippen LogP contribution < -0.4 is 0 Å². The summed E-state index contributed by atoms with van der Waals surface area (Å²) >= 11 is 0. The van der Waals surface area contributed by atoms with Gasteiger partial charge >= 0.3 is 0 Å². The fraction of sp³-hybridized carbons (Fsp3) is 0.625. The smallest absolute Gasteiger partial charge is 0.0817 e. The third kappa shape index (κ3) is 3.12. The summed E-state index contributed by atoms with van der Waals surface area (Å²) in [6.07, 6.45) is 4.81. The van der Waals surface area contributed by atoms with Gasteiger partial charge in [0, 0.05) is 13.0 Å². The second-order valence-corrected chi connectivity index (χ2v) is 5.13. The highest BCUT2D eigenvalue weighted by molar-refractivity contribution is 5.34. The molecule has 1 heterocycles. The van der Waals surface area contributed by atoms with Crippen molar-refractivity contribution in [1.82, 2.24) is 0 Å². The molecule has 100 valence electrons. The molecule has 0 spiro atoms. The minimum absolute atomic E-state index is 0.245. The minimum Gasteiger partial charge on any atom is -0.388 e. The van der Waals surface area contributed by atoms with Gasteiger partial charge < -0.3 is 9.84 Å². The second kappa shape index (κ2) is 6.35. The SMILES string of the molecule is CCc1ccc(CC)c(C(O)CC2CCCO2)c1. The summed E-state index contributed by atoms with van der Waals surface area (Å²) in [5, 5.41) is 10.4. The highest BCUT2D eigenvalue weighted by Crippen LogP contribution is 2.28. The Balaban J connectivity index is 2.13. The van der Waals surface area contributed by atoms with Crippen LogP contribution >= 0.6 is 0 Å². The average Bonchev–Trinajstić information content (AvgIpc) is 2.90. The van der Waals surface area contributed by atoms with Crippen LogP contribution in [0.3, 0.4) is 0 Å². The van der Waals surface area contributed by atoms with Gasteiger partial charge in [-0.05, 0) is 42.4 Å². The molecular weight excluding hydrogens is 224 g/mol. The van der Waals surface area contributed by atoms with Gasteiger partial charge in [-0.1, -0.05) is 32.0 Å². The molecule has 1 aromatic carbocycles. The molecule has 0 amide bonds. The van der Waals surface area contributed by atoms with E-state index in [0.29, 0.717) is 0 Å². The van der Waals surface area contributed by atoms with E-state index < -0.39 is 0 Å². The quantitative estimate of drug-likeness (QED) is 0.865. The first-order valence-electron chi connectivity index (χ1n) is 7.16. The molecule has 2 nitrogen and oxygen atoms in total. The second-order valence-electron chi connectivity index (χ2n) is 5.13. The van der Waals surface area contributed by atoms with Crippen molar-refractivity contribution in [3.05, 3.63) is 34.9 Å². The Morgan fingerprint density at radius 3 is 2.78 bits per heavy atom. The van der Waals surface area contributed by atoms with Crippen LogP contribution in [0.15, 0.2) is 18.2 Å². The fourth-order valence-corrected chi connectivity index (χ4v) is 2.70. The van der Waals surface area contributed by atoms with Crippen molar-refractivity contribution in [2.24, 2.45) is 0 Å². The van der Waals surface area contributed by atoms with Gasteiger partial charge in [0.05, 0.1) is 12.2 Å². The molecule has 18 heavy (non-hydrogen) atoms. The van der Waals surface area contributed by atoms with Gasteiger partial charge in [0.15, 0.2) is 0 Å². The Morgan fingerprint density at radius 2 is 2.17 bits per heavy atom. The Morgan fingerprint density at radius 1 is 1.33 bits per heavy atom. The Bertz CT molecular complexity index is 381. The van der Waals surface area contributed by atoms with Crippen LogP contribution in [0.2, 0.25) is 0 Å². The van der Waals surface area contributed by atoms with Crippen LogP contribution in [0, 0.1) is 0 Å². The molecule has 0 aliphatic carbocycles. The number of hydrogen-bond donors (Lipinski definition) is 1. The van der Waals surface area contributed by atoms with Gasteiger partial charge in [-0.15, -0.1) is 0 Å². The Labute approximate surface area is 110 Å². The van der Waals surface area contributed by atoms with E-state index in [2.05, 4.69) is 32.0 Å². The zero-order valence-electron chi connectivity index (χ0n) is 11.5. The molecule has 0 radical (unpaired) electrons. The molecule has 2 rings (SSSR count). The fourth-order valence-electron chi connectivity index (χ4n) is 2.70. The Kier molecular flexibility index (Phi) is 4.79. The molecule has 0 bridgehead atoms. The maximum absolute atomic E-state index is 10.4. The number of aliphatic hydroxyl groups excluding tert-OH is 1. The van der Waals surface area contributed by atoms with Crippen LogP contribution in [-0.4, -0.2) is 17.8 Å². The van der Waals surface area contributed by atoms with Gasteiger partial charge in [0.1, 0.15) is 0 Å². The number of benzene rings is 1. The normalized spacial score (nSPS) is 21.2. The molecular formula is C16H24O2. The van der Waals surface area contributed by atoms with Crippen LogP contribution in [-0.2, 0) is 17.6 Å². The number of aryl methyl sites for hydroxylation is 2. The molecule has 2 atom stereocenters. The summed E-state index contributed by atoms with van der Waals surface area (Å²) in [5.41, 5.74) is 3.67.